The molecule has 0 radical (unpaired) electrons. The van der Waals surface area contributed by atoms with Crippen LogP contribution in [0.15, 0.2) is 24.5 Å². The zero-order valence-corrected chi connectivity index (χ0v) is 15.7. The second kappa shape index (κ2) is 7.14. The third-order valence-electron chi connectivity index (χ3n) is 4.26. The molecule has 1 aliphatic rings. The number of nitrogens with zero attached hydrogens (tertiary/aromatic N) is 2. The van der Waals surface area contributed by atoms with Gasteiger partial charge in [-0.1, -0.05) is 11.3 Å². The van der Waals surface area contributed by atoms with Gasteiger partial charge in [0, 0.05) is 18.9 Å². The number of carbonyl (C=O) groups excluding carboxylic acids is 1. The highest BCUT2D eigenvalue weighted by molar-refractivity contribution is 7.17. The molecular weight excluding hydrogens is 370 g/mol. The Balaban J connectivity index is 1.80. The van der Waals surface area contributed by atoms with Crippen molar-refractivity contribution in [3.05, 3.63) is 46.2 Å². The summed E-state index contributed by atoms with van der Waals surface area (Å²) in [5.41, 5.74) is 3.95. The zero-order chi connectivity index (χ0) is 18.1. The van der Waals surface area contributed by atoms with Gasteiger partial charge in [-0.2, -0.15) is 0 Å². The van der Waals surface area contributed by atoms with Crippen LogP contribution in [0.1, 0.15) is 26.5 Å². The molecule has 0 bridgehead atoms. The molecule has 0 aromatic carbocycles. The number of rotatable bonds is 5. The molecule has 4 rings (SSSR count). The quantitative estimate of drug-likeness (QED) is 0.702. The van der Waals surface area contributed by atoms with E-state index in [2.05, 4.69) is 14.7 Å². The van der Waals surface area contributed by atoms with Crippen LogP contribution in [0.3, 0.4) is 0 Å². The zero-order valence-electron chi connectivity index (χ0n) is 14.1. The summed E-state index contributed by atoms with van der Waals surface area (Å²) in [5.74, 6) is 0.501. The molecule has 1 amide bonds. The van der Waals surface area contributed by atoms with Gasteiger partial charge in [0.15, 0.2) is 5.06 Å². The van der Waals surface area contributed by atoms with E-state index < -0.39 is 0 Å². The van der Waals surface area contributed by atoms with Gasteiger partial charge in [-0.05, 0) is 54.6 Å². The number of aromatic nitrogens is 2. The molecule has 3 aromatic rings. The Hall–Kier alpha value is -2.29. The fourth-order valence-electron chi connectivity index (χ4n) is 3.00. The normalized spacial score (nSPS) is 12.4. The molecular formula is C18H17N3O3S2. The van der Waals surface area contributed by atoms with E-state index in [4.69, 9.17) is 9.84 Å². The number of hydrogen-bond donors (Lipinski definition) is 2. The van der Waals surface area contributed by atoms with E-state index in [1.54, 1.807) is 6.20 Å². The van der Waals surface area contributed by atoms with Gasteiger partial charge in [0.2, 0.25) is 0 Å². The molecule has 0 saturated carbocycles. The maximum atomic E-state index is 12.6. The van der Waals surface area contributed by atoms with Gasteiger partial charge in [-0.3, -0.25) is 9.78 Å². The van der Waals surface area contributed by atoms with Crippen LogP contribution in [0.2, 0.25) is 0 Å². The standard InChI is InChI=1S/C18H17N3O3S2/c1-10-13(3-2-6-19-10)24-18-14-12(5-4-11-9-21-26-15(11)14)16(25-18)17(23)20-7-8-22/h2-3,6,9,22H,4-5,7-8H2,1H3,(H,20,23). The van der Waals surface area contributed by atoms with Crippen molar-refractivity contribution in [3.8, 4) is 21.3 Å². The lowest BCUT2D eigenvalue weighted by molar-refractivity contribution is 0.0948. The molecule has 3 aromatic heterocycles. The minimum absolute atomic E-state index is 0.0868. The van der Waals surface area contributed by atoms with Gasteiger partial charge in [-0.25, -0.2) is 4.37 Å². The number of ether oxygens (including phenoxy) is 1. The first kappa shape index (κ1) is 17.1. The molecule has 1 aliphatic carbocycles. The van der Waals surface area contributed by atoms with Crippen molar-refractivity contribution in [1.82, 2.24) is 14.7 Å². The highest BCUT2D eigenvalue weighted by atomic mass is 32.1. The van der Waals surface area contributed by atoms with Crippen LogP contribution >= 0.6 is 22.9 Å². The number of aliphatic hydroxyl groups excluding tert-OH is 1. The molecule has 134 valence electrons. The van der Waals surface area contributed by atoms with Gasteiger partial charge in [-0.15, -0.1) is 0 Å². The first-order valence-corrected chi connectivity index (χ1v) is 9.86. The van der Waals surface area contributed by atoms with E-state index in [0.717, 1.165) is 34.5 Å². The largest absolute Gasteiger partial charge is 0.444 e. The average Bonchev–Trinajstić information content (AvgIpc) is 3.26. The minimum atomic E-state index is -0.175. The Morgan fingerprint density at radius 1 is 1.42 bits per heavy atom. The molecule has 0 unspecified atom stereocenters. The number of pyridine rings is 1. The van der Waals surface area contributed by atoms with E-state index in [-0.39, 0.29) is 19.1 Å². The summed E-state index contributed by atoms with van der Waals surface area (Å²) < 4.78 is 10.5. The number of aryl methyl sites for hydroxylation is 2. The smallest absolute Gasteiger partial charge is 0.261 e. The molecule has 2 N–H and O–H groups in total. The molecule has 8 heteroatoms. The molecule has 0 spiro atoms. The van der Waals surface area contributed by atoms with Gasteiger partial charge in [0.1, 0.15) is 5.75 Å². The lowest BCUT2D eigenvalue weighted by atomic mass is 9.93. The summed E-state index contributed by atoms with van der Waals surface area (Å²) in [6, 6.07) is 3.70. The summed E-state index contributed by atoms with van der Waals surface area (Å²) in [6.07, 6.45) is 5.25. The number of thiophene rings is 1. The lowest BCUT2D eigenvalue weighted by Gasteiger charge is -2.14. The van der Waals surface area contributed by atoms with Crippen LogP contribution in [-0.2, 0) is 12.8 Å². The van der Waals surface area contributed by atoms with Crippen LogP contribution in [0.5, 0.6) is 10.8 Å². The Morgan fingerprint density at radius 2 is 2.31 bits per heavy atom. The predicted octanol–water partition coefficient (Wildman–Crippen LogP) is 3.19. The molecule has 0 saturated heterocycles. The SMILES string of the molecule is Cc1ncccc1Oc1sc(C(=O)NCCO)c2c1-c1sncc1CC2. The third-order valence-corrected chi connectivity index (χ3v) is 6.22. The highest BCUT2D eigenvalue weighted by Crippen LogP contribution is 2.50. The van der Waals surface area contributed by atoms with E-state index in [9.17, 15) is 4.79 Å². The minimum Gasteiger partial charge on any atom is -0.444 e. The van der Waals surface area contributed by atoms with Crippen LogP contribution in [0.4, 0.5) is 0 Å². The van der Waals surface area contributed by atoms with Crippen LogP contribution < -0.4 is 10.1 Å². The van der Waals surface area contributed by atoms with E-state index >= 15 is 0 Å². The molecule has 26 heavy (non-hydrogen) atoms. The van der Waals surface area contributed by atoms with Crippen molar-refractivity contribution in [2.45, 2.75) is 19.8 Å². The predicted molar refractivity (Wildman–Crippen MR) is 101 cm³/mol. The highest BCUT2D eigenvalue weighted by Gasteiger charge is 2.30. The number of aliphatic hydroxyl groups is 1. The molecule has 0 fully saturated rings. The Morgan fingerprint density at radius 3 is 3.12 bits per heavy atom. The molecule has 6 nitrogen and oxygen atoms in total. The topological polar surface area (TPSA) is 84.3 Å². The molecule has 0 aliphatic heterocycles. The monoisotopic (exact) mass is 387 g/mol. The van der Waals surface area contributed by atoms with E-state index in [0.29, 0.717) is 15.7 Å². The van der Waals surface area contributed by atoms with Crippen molar-refractivity contribution in [1.29, 1.82) is 0 Å². The average molecular weight is 387 g/mol. The Labute approximate surface area is 158 Å². The number of carbonyl (C=O) groups is 1. The second-order valence-electron chi connectivity index (χ2n) is 5.92. The summed E-state index contributed by atoms with van der Waals surface area (Å²) >= 11 is 2.77. The second-order valence-corrected chi connectivity index (χ2v) is 7.71. The van der Waals surface area contributed by atoms with Crippen molar-refractivity contribution in [2.75, 3.05) is 13.2 Å². The Bertz CT molecular complexity index is 964. The van der Waals surface area contributed by atoms with Gasteiger partial charge >= 0.3 is 0 Å². The summed E-state index contributed by atoms with van der Waals surface area (Å²) in [6.45, 7) is 2.04. The fourth-order valence-corrected chi connectivity index (χ4v) is 5.06. The summed E-state index contributed by atoms with van der Waals surface area (Å²) in [5, 5.41) is 12.4. The van der Waals surface area contributed by atoms with Crippen LogP contribution in [0, 0.1) is 6.92 Å². The first-order chi connectivity index (χ1) is 12.7. The van der Waals surface area contributed by atoms with Crippen molar-refractivity contribution in [3.63, 3.8) is 0 Å². The fraction of sp³-hybridized carbons (Fsp3) is 0.278. The van der Waals surface area contributed by atoms with Gasteiger partial charge in [0.05, 0.1) is 27.6 Å². The third kappa shape index (κ3) is 3.00. The van der Waals surface area contributed by atoms with Crippen molar-refractivity contribution >= 4 is 28.8 Å². The summed E-state index contributed by atoms with van der Waals surface area (Å²) in [4.78, 5) is 18.5. The number of amides is 1. The lowest BCUT2D eigenvalue weighted by Crippen LogP contribution is -2.26. The maximum absolute atomic E-state index is 12.6. The first-order valence-electron chi connectivity index (χ1n) is 8.27. The van der Waals surface area contributed by atoms with E-state index in [1.807, 2.05) is 25.3 Å². The van der Waals surface area contributed by atoms with Gasteiger partial charge < -0.3 is 15.2 Å². The number of hydrogen-bond acceptors (Lipinski definition) is 7. The summed E-state index contributed by atoms with van der Waals surface area (Å²) in [7, 11) is 0. The Kier molecular flexibility index (Phi) is 4.71. The molecule has 0 atom stereocenters. The van der Waals surface area contributed by atoms with Crippen molar-refractivity contribution < 1.29 is 14.6 Å². The number of nitrogens with one attached hydrogen (secondary N) is 1. The molecule has 3 heterocycles. The van der Waals surface area contributed by atoms with Crippen LogP contribution in [0.25, 0.3) is 10.4 Å². The maximum Gasteiger partial charge on any atom is 0.261 e. The number of fused-ring (bicyclic) bond motifs is 3. The van der Waals surface area contributed by atoms with E-state index in [1.165, 1.54) is 28.4 Å². The van der Waals surface area contributed by atoms with Crippen molar-refractivity contribution in [2.24, 2.45) is 0 Å². The van der Waals surface area contributed by atoms with Crippen LogP contribution in [-0.4, -0.2) is 33.5 Å². The van der Waals surface area contributed by atoms with Gasteiger partial charge in [0.25, 0.3) is 5.91 Å².